The van der Waals surface area contributed by atoms with Gasteiger partial charge >= 0.3 is 0 Å². The van der Waals surface area contributed by atoms with E-state index in [1.807, 2.05) is 11.9 Å². The molecule has 0 aliphatic carbocycles. The van der Waals surface area contributed by atoms with Crippen LogP contribution in [0.4, 0.5) is 11.8 Å². The lowest BCUT2D eigenvalue weighted by Gasteiger charge is -2.24. The molecule has 0 bridgehead atoms. The molecule has 84 valence electrons. The van der Waals surface area contributed by atoms with Crippen molar-refractivity contribution in [3.63, 3.8) is 0 Å². The fourth-order valence-corrected chi connectivity index (χ4v) is 2.23. The summed E-state index contributed by atoms with van der Waals surface area (Å²) in [6.45, 7) is 2.14. The average molecular weight is 291 g/mol. The van der Waals surface area contributed by atoms with E-state index in [1.165, 1.54) is 0 Å². The van der Waals surface area contributed by atoms with Crippen LogP contribution in [-0.2, 0) is 0 Å². The third kappa shape index (κ3) is 3.53. The molecule has 1 atom stereocenters. The van der Waals surface area contributed by atoms with Crippen LogP contribution in [-0.4, -0.2) is 35.1 Å². The molecule has 0 amide bonds. The lowest BCUT2D eigenvalue weighted by molar-refractivity contribution is 0.738. The summed E-state index contributed by atoms with van der Waals surface area (Å²) >= 11 is 5.11. The number of nitrogens with zero attached hydrogens (tertiary/aromatic N) is 3. The molecule has 0 spiro atoms. The van der Waals surface area contributed by atoms with Crippen LogP contribution in [0.1, 0.15) is 6.92 Å². The second-order valence-corrected chi connectivity index (χ2v) is 5.05. The van der Waals surface area contributed by atoms with Crippen LogP contribution < -0.4 is 10.6 Å². The summed E-state index contributed by atoms with van der Waals surface area (Å²) in [5.74, 6) is 2.17. The van der Waals surface area contributed by atoms with Crippen LogP contribution in [0.25, 0.3) is 0 Å². The molecule has 1 unspecified atom stereocenters. The third-order valence-corrected chi connectivity index (χ3v) is 3.31. The van der Waals surface area contributed by atoms with E-state index in [0.29, 0.717) is 22.4 Å². The van der Waals surface area contributed by atoms with Crippen LogP contribution >= 0.6 is 27.7 Å². The van der Waals surface area contributed by atoms with E-state index in [9.17, 15) is 0 Å². The number of halogens is 1. The first kappa shape index (κ1) is 12.6. The highest BCUT2D eigenvalue weighted by Crippen LogP contribution is 2.17. The highest BCUT2D eigenvalue weighted by Gasteiger charge is 2.12. The van der Waals surface area contributed by atoms with Crippen molar-refractivity contribution in [3.05, 3.63) is 10.7 Å². The summed E-state index contributed by atoms with van der Waals surface area (Å²) in [5.41, 5.74) is 5.66. The zero-order chi connectivity index (χ0) is 11.4. The number of rotatable bonds is 4. The Morgan fingerprint density at radius 3 is 2.80 bits per heavy atom. The van der Waals surface area contributed by atoms with Crippen molar-refractivity contribution in [2.75, 3.05) is 29.7 Å². The normalized spacial score (nSPS) is 12.5. The molecule has 2 N–H and O–H groups in total. The van der Waals surface area contributed by atoms with E-state index in [0.717, 1.165) is 5.75 Å². The second kappa shape index (κ2) is 5.55. The fraction of sp³-hybridized carbons (Fsp3) is 0.556. The Morgan fingerprint density at radius 1 is 1.60 bits per heavy atom. The molecule has 1 rings (SSSR count). The highest BCUT2D eigenvalue weighted by molar-refractivity contribution is 9.10. The van der Waals surface area contributed by atoms with Crippen LogP contribution in [0, 0.1) is 0 Å². The molecular formula is C9H15BrN4S. The van der Waals surface area contributed by atoms with Gasteiger partial charge in [0.25, 0.3) is 0 Å². The topological polar surface area (TPSA) is 55.0 Å². The molecule has 0 aliphatic rings. The molecule has 0 saturated heterocycles. The third-order valence-electron chi connectivity index (χ3n) is 2.09. The molecule has 4 nitrogen and oxygen atoms in total. The smallest absolute Gasteiger partial charge is 0.228 e. The van der Waals surface area contributed by atoms with Gasteiger partial charge in [-0.3, -0.25) is 0 Å². The molecule has 0 aromatic carbocycles. The van der Waals surface area contributed by atoms with E-state index in [-0.39, 0.29) is 0 Å². The van der Waals surface area contributed by atoms with Crippen molar-refractivity contribution in [1.29, 1.82) is 0 Å². The molecule has 1 aromatic rings. The Morgan fingerprint density at radius 2 is 2.27 bits per heavy atom. The van der Waals surface area contributed by atoms with Crippen molar-refractivity contribution in [2.24, 2.45) is 0 Å². The largest absolute Gasteiger partial charge is 0.383 e. The van der Waals surface area contributed by atoms with Gasteiger partial charge in [-0.05, 0) is 29.1 Å². The molecule has 1 aromatic heterocycles. The minimum Gasteiger partial charge on any atom is -0.383 e. The SMILES string of the molecule is CSCC(C)N(C)c1nc(N)cc(Br)n1. The summed E-state index contributed by atoms with van der Waals surface area (Å²) in [5, 5.41) is 0. The van der Waals surface area contributed by atoms with Crippen molar-refractivity contribution in [1.82, 2.24) is 9.97 Å². The maximum absolute atomic E-state index is 5.66. The first-order valence-corrected chi connectivity index (χ1v) is 6.75. The number of nitrogens with two attached hydrogens (primary N) is 1. The number of hydrogen-bond acceptors (Lipinski definition) is 5. The van der Waals surface area contributed by atoms with E-state index in [2.05, 4.69) is 39.1 Å². The number of aromatic nitrogens is 2. The lowest BCUT2D eigenvalue weighted by Crippen LogP contribution is -2.32. The van der Waals surface area contributed by atoms with Crippen LogP contribution in [0.15, 0.2) is 10.7 Å². The van der Waals surface area contributed by atoms with Crippen molar-refractivity contribution < 1.29 is 0 Å². The minimum absolute atomic E-state index is 0.383. The van der Waals surface area contributed by atoms with Gasteiger partial charge in [-0.15, -0.1) is 0 Å². The number of thioether (sulfide) groups is 1. The standard InChI is InChI=1S/C9H15BrN4S/c1-6(5-15-3)14(2)9-12-7(10)4-8(11)13-9/h4,6H,5H2,1-3H3,(H2,11,12,13). The monoisotopic (exact) mass is 290 g/mol. The Bertz CT molecular complexity index is 314. The van der Waals surface area contributed by atoms with E-state index in [1.54, 1.807) is 17.8 Å². The van der Waals surface area contributed by atoms with Crippen molar-refractivity contribution in [3.8, 4) is 0 Å². The van der Waals surface area contributed by atoms with Crippen LogP contribution in [0.3, 0.4) is 0 Å². The van der Waals surface area contributed by atoms with Gasteiger partial charge in [0.2, 0.25) is 5.95 Å². The lowest BCUT2D eigenvalue weighted by atomic mass is 10.3. The first-order valence-electron chi connectivity index (χ1n) is 4.56. The van der Waals surface area contributed by atoms with Crippen molar-refractivity contribution in [2.45, 2.75) is 13.0 Å². The predicted octanol–water partition coefficient (Wildman–Crippen LogP) is 2.01. The van der Waals surface area contributed by atoms with Crippen molar-refractivity contribution >= 4 is 39.5 Å². The van der Waals surface area contributed by atoms with Gasteiger partial charge in [0.1, 0.15) is 10.4 Å². The summed E-state index contributed by atoms with van der Waals surface area (Å²) in [4.78, 5) is 10.5. The second-order valence-electron chi connectivity index (χ2n) is 3.33. The van der Waals surface area contributed by atoms with Crippen LogP contribution in [0.5, 0.6) is 0 Å². The van der Waals surface area contributed by atoms with Crippen LogP contribution in [0.2, 0.25) is 0 Å². The highest BCUT2D eigenvalue weighted by atomic mass is 79.9. The molecule has 1 heterocycles. The van der Waals surface area contributed by atoms with Gasteiger partial charge in [0.05, 0.1) is 0 Å². The quantitative estimate of drug-likeness (QED) is 0.860. The van der Waals surface area contributed by atoms with Gasteiger partial charge in [0.15, 0.2) is 0 Å². The van der Waals surface area contributed by atoms with Gasteiger partial charge < -0.3 is 10.6 Å². The van der Waals surface area contributed by atoms with Gasteiger partial charge in [0, 0.05) is 24.9 Å². The zero-order valence-electron chi connectivity index (χ0n) is 9.07. The molecule has 6 heteroatoms. The molecule has 0 fully saturated rings. The Labute approximate surface area is 103 Å². The summed E-state index contributed by atoms with van der Waals surface area (Å²) in [6, 6.07) is 2.07. The van der Waals surface area contributed by atoms with E-state index in [4.69, 9.17) is 5.73 Å². The number of hydrogen-bond donors (Lipinski definition) is 1. The molecule has 15 heavy (non-hydrogen) atoms. The van der Waals surface area contributed by atoms with Gasteiger partial charge in [-0.2, -0.15) is 16.7 Å². The molecule has 0 radical (unpaired) electrons. The van der Waals surface area contributed by atoms with E-state index < -0.39 is 0 Å². The Hall–Kier alpha value is -0.490. The summed E-state index contributed by atoms with van der Waals surface area (Å²) in [6.07, 6.45) is 2.08. The maximum Gasteiger partial charge on any atom is 0.228 e. The zero-order valence-corrected chi connectivity index (χ0v) is 11.5. The first-order chi connectivity index (χ1) is 7.04. The van der Waals surface area contributed by atoms with E-state index >= 15 is 0 Å². The minimum atomic E-state index is 0.383. The fourth-order valence-electron chi connectivity index (χ4n) is 1.13. The molecule has 0 aliphatic heterocycles. The molecular weight excluding hydrogens is 276 g/mol. The summed E-state index contributed by atoms with van der Waals surface area (Å²) < 4.78 is 0.716. The Balaban J connectivity index is 2.85. The number of anilines is 2. The predicted molar refractivity (Wildman–Crippen MR) is 70.4 cm³/mol. The summed E-state index contributed by atoms with van der Waals surface area (Å²) in [7, 11) is 1.97. The Kier molecular flexibility index (Phi) is 4.66. The number of nitrogen functional groups attached to an aromatic ring is 1. The average Bonchev–Trinajstić information content (AvgIpc) is 2.15. The van der Waals surface area contributed by atoms with Gasteiger partial charge in [-0.25, -0.2) is 4.98 Å². The van der Waals surface area contributed by atoms with Gasteiger partial charge in [-0.1, -0.05) is 0 Å². The molecule has 0 saturated carbocycles. The maximum atomic E-state index is 5.66.